The molecule has 0 radical (unpaired) electrons. The number of hydrogen-bond donors (Lipinski definition) is 0. The highest BCUT2D eigenvalue weighted by atomic mass is 16.5. The lowest BCUT2D eigenvalue weighted by Gasteiger charge is -2.38. The van der Waals surface area contributed by atoms with Crippen molar-refractivity contribution < 1.29 is 4.74 Å². The molecule has 5 heteroatoms. The lowest BCUT2D eigenvalue weighted by molar-refractivity contribution is 0.147. The molecule has 5 rings (SSSR count). The molecule has 1 aromatic heterocycles. The van der Waals surface area contributed by atoms with Gasteiger partial charge in [0.25, 0.3) is 0 Å². The van der Waals surface area contributed by atoms with Gasteiger partial charge in [0, 0.05) is 11.6 Å². The van der Waals surface area contributed by atoms with Gasteiger partial charge < -0.3 is 4.74 Å². The number of benzene rings is 2. The maximum absolute atomic E-state index is 5.48. The molecule has 5 nitrogen and oxygen atoms in total. The first-order chi connectivity index (χ1) is 12.8. The van der Waals surface area contributed by atoms with E-state index in [1.807, 2.05) is 12.1 Å². The Morgan fingerprint density at radius 3 is 2.81 bits per heavy atom. The van der Waals surface area contributed by atoms with Crippen LogP contribution in [0.3, 0.4) is 0 Å². The zero-order valence-electron chi connectivity index (χ0n) is 14.9. The van der Waals surface area contributed by atoms with Gasteiger partial charge in [-0.2, -0.15) is 0 Å². The molecule has 0 unspecified atom stereocenters. The number of hydrogen-bond acceptors (Lipinski definition) is 4. The summed E-state index contributed by atoms with van der Waals surface area (Å²) >= 11 is 0. The number of nitrogens with zero attached hydrogens (tertiary/aromatic N) is 4. The van der Waals surface area contributed by atoms with Gasteiger partial charge in [0.15, 0.2) is 0 Å². The molecule has 0 spiro atoms. The molecular weight excluding hydrogens is 324 g/mol. The number of ether oxygens (including phenoxy) is 1. The van der Waals surface area contributed by atoms with E-state index < -0.39 is 0 Å². The number of aromatic nitrogens is 3. The Bertz CT molecular complexity index is 921. The van der Waals surface area contributed by atoms with Crippen LogP contribution in [-0.2, 0) is 6.54 Å². The van der Waals surface area contributed by atoms with Crippen LogP contribution in [0.25, 0.3) is 11.3 Å². The second-order valence-electron chi connectivity index (χ2n) is 7.08. The van der Waals surface area contributed by atoms with Crippen LogP contribution < -0.4 is 4.74 Å². The normalized spacial score (nSPS) is 22.0. The van der Waals surface area contributed by atoms with Gasteiger partial charge in [0.1, 0.15) is 11.4 Å². The Labute approximate surface area is 153 Å². The van der Waals surface area contributed by atoms with E-state index in [9.17, 15) is 0 Å². The maximum Gasteiger partial charge on any atom is 0.119 e. The van der Waals surface area contributed by atoms with Crippen molar-refractivity contribution in [1.82, 2.24) is 19.9 Å². The van der Waals surface area contributed by atoms with Gasteiger partial charge in [-0.15, -0.1) is 5.10 Å². The Morgan fingerprint density at radius 2 is 1.96 bits per heavy atom. The summed E-state index contributed by atoms with van der Waals surface area (Å²) in [7, 11) is 1.72. The first-order valence-electron chi connectivity index (χ1n) is 9.23. The molecule has 0 aliphatic carbocycles. The standard InChI is InChI=1S/C21H22N4O/c1-26-18-11-5-9-16(13-18)20-21-19(15-7-3-2-4-8-15)22-23-25(21)14-17-10-6-12-24(17)20/h2-5,7-9,11,13,17,20H,6,10,12,14H2,1H3/t17-,20-/m0/s1. The molecule has 1 saturated heterocycles. The summed E-state index contributed by atoms with van der Waals surface area (Å²) in [6.45, 7) is 2.04. The smallest absolute Gasteiger partial charge is 0.119 e. The third-order valence-corrected chi connectivity index (χ3v) is 5.63. The molecule has 1 fully saturated rings. The van der Waals surface area contributed by atoms with Gasteiger partial charge in [-0.1, -0.05) is 47.7 Å². The molecule has 0 bridgehead atoms. The molecule has 3 heterocycles. The van der Waals surface area contributed by atoms with E-state index in [4.69, 9.17) is 4.74 Å². The minimum Gasteiger partial charge on any atom is -0.497 e. The van der Waals surface area contributed by atoms with Gasteiger partial charge in [-0.25, -0.2) is 4.68 Å². The van der Waals surface area contributed by atoms with Crippen LogP contribution in [0.15, 0.2) is 54.6 Å². The summed E-state index contributed by atoms with van der Waals surface area (Å²) in [4.78, 5) is 2.62. The van der Waals surface area contributed by atoms with Crippen molar-refractivity contribution >= 4 is 0 Å². The molecule has 2 atom stereocenters. The Morgan fingerprint density at radius 1 is 1.08 bits per heavy atom. The zero-order chi connectivity index (χ0) is 17.5. The van der Waals surface area contributed by atoms with Crippen LogP contribution in [0.5, 0.6) is 5.75 Å². The summed E-state index contributed by atoms with van der Waals surface area (Å²) in [6, 6.07) is 19.5. The molecule has 2 aromatic carbocycles. The van der Waals surface area contributed by atoms with E-state index in [-0.39, 0.29) is 6.04 Å². The zero-order valence-corrected chi connectivity index (χ0v) is 14.9. The van der Waals surface area contributed by atoms with Gasteiger partial charge >= 0.3 is 0 Å². The largest absolute Gasteiger partial charge is 0.497 e. The van der Waals surface area contributed by atoms with E-state index >= 15 is 0 Å². The fourth-order valence-electron chi connectivity index (χ4n) is 4.44. The van der Waals surface area contributed by atoms with Crippen molar-refractivity contribution in [2.24, 2.45) is 0 Å². The Kier molecular flexibility index (Phi) is 3.75. The summed E-state index contributed by atoms with van der Waals surface area (Å²) < 4.78 is 7.61. The van der Waals surface area contributed by atoms with Crippen LogP contribution in [0.4, 0.5) is 0 Å². The van der Waals surface area contributed by atoms with E-state index in [1.54, 1.807) is 7.11 Å². The van der Waals surface area contributed by atoms with Crippen molar-refractivity contribution in [2.75, 3.05) is 13.7 Å². The number of rotatable bonds is 3. The summed E-state index contributed by atoms with van der Waals surface area (Å²) in [6.07, 6.45) is 2.46. The van der Waals surface area contributed by atoms with Crippen molar-refractivity contribution in [3.8, 4) is 17.0 Å². The topological polar surface area (TPSA) is 43.2 Å². The van der Waals surface area contributed by atoms with Crippen LogP contribution >= 0.6 is 0 Å². The average Bonchev–Trinajstić information content (AvgIpc) is 3.33. The number of fused-ring (bicyclic) bond motifs is 2. The number of methoxy groups -OCH3 is 1. The molecule has 3 aromatic rings. The van der Waals surface area contributed by atoms with Gasteiger partial charge in [0.2, 0.25) is 0 Å². The molecular formula is C21H22N4O. The molecule has 2 aliphatic rings. The fraction of sp³-hybridized carbons (Fsp3) is 0.333. The monoisotopic (exact) mass is 346 g/mol. The molecule has 0 N–H and O–H groups in total. The Balaban J connectivity index is 1.69. The highest BCUT2D eigenvalue weighted by Crippen LogP contribution is 2.42. The first-order valence-corrected chi connectivity index (χ1v) is 9.23. The summed E-state index contributed by atoms with van der Waals surface area (Å²) in [5.74, 6) is 0.893. The van der Waals surface area contributed by atoms with E-state index in [0.717, 1.165) is 30.1 Å². The third kappa shape index (κ3) is 2.42. The van der Waals surface area contributed by atoms with Gasteiger partial charge in [-0.05, 0) is 37.1 Å². The maximum atomic E-state index is 5.48. The predicted molar refractivity (Wildman–Crippen MR) is 100 cm³/mol. The van der Waals surface area contributed by atoms with Gasteiger partial charge in [-0.3, -0.25) is 4.90 Å². The van der Waals surface area contributed by atoms with Crippen molar-refractivity contribution in [3.05, 3.63) is 65.9 Å². The van der Waals surface area contributed by atoms with Gasteiger partial charge in [0.05, 0.1) is 25.4 Å². The summed E-state index contributed by atoms with van der Waals surface area (Å²) in [5.41, 5.74) is 4.56. The lowest BCUT2D eigenvalue weighted by Crippen LogP contribution is -2.43. The Hall–Kier alpha value is -2.66. The molecule has 0 amide bonds. The molecule has 26 heavy (non-hydrogen) atoms. The molecule has 2 aliphatic heterocycles. The van der Waals surface area contributed by atoms with Crippen LogP contribution in [-0.4, -0.2) is 39.6 Å². The van der Waals surface area contributed by atoms with Crippen LogP contribution in [0, 0.1) is 0 Å². The van der Waals surface area contributed by atoms with Crippen LogP contribution in [0.1, 0.15) is 30.1 Å². The van der Waals surface area contributed by atoms with Crippen molar-refractivity contribution in [1.29, 1.82) is 0 Å². The second kappa shape index (κ2) is 6.25. The fourth-order valence-corrected chi connectivity index (χ4v) is 4.44. The average molecular weight is 346 g/mol. The predicted octanol–water partition coefficient (Wildman–Crippen LogP) is 3.52. The first kappa shape index (κ1) is 15.6. The highest BCUT2D eigenvalue weighted by molar-refractivity contribution is 5.63. The van der Waals surface area contributed by atoms with E-state index in [1.165, 1.54) is 24.1 Å². The van der Waals surface area contributed by atoms with Crippen LogP contribution in [0.2, 0.25) is 0 Å². The molecule has 132 valence electrons. The lowest BCUT2D eigenvalue weighted by atomic mass is 9.94. The summed E-state index contributed by atoms with van der Waals surface area (Å²) in [5, 5.41) is 9.09. The highest BCUT2D eigenvalue weighted by Gasteiger charge is 2.41. The van der Waals surface area contributed by atoms with E-state index in [2.05, 4.69) is 62.4 Å². The van der Waals surface area contributed by atoms with Crippen molar-refractivity contribution in [3.63, 3.8) is 0 Å². The quantitative estimate of drug-likeness (QED) is 0.728. The second-order valence-corrected chi connectivity index (χ2v) is 7.08. The minimum atomic E-state index is 0.163. The van der Waals surface area contributed by atoms with Crippen molar-refractivity contribution in [2.45, 2.75) is 31.5 Å². The molecule has 0 saturated carbocycles. The SMILES string of the molecule is COc1cccc([C@H]2c3c(-c4ccccc4)nnn3C[C@@H]3CCCN32)c1. The van der Waals surface area contributed by atoms with E-state index in [0.29, 0.717) is 6.04 Å². The minimum absolute atomic E-state index is 0.163. The third-order valence-electron chi connectivity index (χ3n) is 5.63.